The molecule has 0 spiro atoms. The fraction of sp³-hybridized carbons (Fsp3) is 0.350. The van der Waals surface area contributed by atoms with Crippen molar-refractivity contribution in [3.05, 3.63) is 64.7 Å². The average molecular weight is 405 g/mol. The number of amides is 2. The van der Waals surface area contributed by atoms with Gasteiger partial charge in [-0.3, -0.25) is 19.5 Å². The summed E-state index contributed by atoms with van der Waals surface area (Å²) >= 11 is 5.74. The highest BCUT2D eigenvalue weighted by molar-refractivity contribution is 6.30. The average Bonchev–Trinajstić information content (AvgIpc) is 2.68. The van der Waals surface area contributed by atoms with E-state index in [1.165, 1.54) is 12.1 Å². The highest BCUT2D eigenvalue weighted by Crippen LogP contribution is 2.19. The second-order valence-electron chi connectivity index (χ2n) is 6.84. The Bertz CT molecular complexity index is 849. The van der Waals surface area contributed by atoms with Crippen LogP contribution in [0.5, 0.6) is 0 Å². The van der Waals surface area contributed by atoms with Crippen LogP contribution in [0, 0.1) is 5.82 Å². The summed E-state index contributed by atoms with van der Waals surface area (Å²) < 4.78 is 13.7. The maximum absolute atomic E-state index is 13.7. The maximum atomic E-state index is 13.7. The zero-order chi connectivity index (χ0) is 20.1. The van der Waals surface area contributed by atoms with E-state index in [1.807, 2.05) is 17.0 Å². The minimum atomic E-state index is -0.601. The monoisotopic (exact) mass is 404 g/mol. The third-order valence-corrected chi connectivity index (χ3v) is 5.05. The van der Waals surface area contributed by atoms with Crippen LogP contribution in [0.25, 0.3) is 0 Å². The van der Waals surface area contributed by atoms with Gasteiger partial charge in [0.25, 0.3) is 0 Å². The molecule has 0 bridgehead atoms. The third-order valence-electron chi connectivity index (χ3n) is 4.75. The molecule has 1 aromatic heterocycles. The number of carbonyl (C=O) groups is 2. The molecule has 28 heavy (non-hydrogen) atoms. The summed E-state index contributed by atoms with van der Waals surface area (Å²) in [7, 11) is 1.70. The molecule has 1 N–H and O–H groups in total. The molecule has 148 valence electrons. The number of hydrogen-bond acceptors (Lipinski definition) is 4. The maximum Gasteiger partial charge on any atom is 0.237 e. The standard InChI is InChI=1S/C20H22ClFN4O2/c1-25(12-15-3-2-6-23-11-15)19(27)10-18-20(28)24-7-8-26(18)13-14-4-5-16(21)17(22)9-14/h2-6,9,11,18H,7-8,10,12-13H2,1H3,(H,24,28)/t18-/m0/s1. The van der Waals surface area contributed by atoms with Gasteiger partial charge in [0, 0.05) is 45.6 Å². The number of hydrogen-bond donors (Lipinski definition) is 1. The van der Waals surface area contributed by atoms with E-state index in [1.54, 1.807) is 30.4 Å². The molecule has 0 aliphatic carbocycles. The largest absolute Gasteiger partial charge is 0.353 e. The van der Waals surface area contributed by atoms with Gasteiger partial charge < -0.3 is 10.2 Å². The molecule has 8 heteroatoms. The van der Waals surface area contributed by atoms with Gasteiger partial charge in [0.1, 0.15) is 5.82 Å². The summed E-state index contributed by atoms with van der Waals surface area (Å²) in [6.45, 7) is 1.86. The molecule has 1 saturated heterocycles. The molecule has 1 atom stereocenters. The van der Waals surface area contributed by atoms with E-state index in [0.29, 0.717) is 31.7 Å². The van der Waals surface area contributed by atoms with Crippen LogP contribution in [-0.2, 0) is 22.7 Å². The predicted molar refractivity (Wildman–Crippen MR) is 104 cm³/mol. The molecule has 1 fully saturated rings. The van der Waals surface area contributed by atoms with E-state index in [2.05, 4.69) is 10.3 Å². The Balaban J connectivity index is 1.67. The lowest BCUT2D eigenvalue weighted by Crippen LogP contribution is -2.56. The van der Waals surface area contributed by atoms with Crippen LogP contribution in [0.1, 0.15) is 17.5 Å². The first kappa shape index (κ1) is 20.2. The fourth-order valence-electron chi connectivity index (χ4n) is 3.22. The lowest BCUT2D eigenvalue weighted by Gasteiger charge is -2.35. The number of nitrogens with zero attached hydrogens (tertiary/aromatic N) is 3. The Morgan fingerprint density at radius 1 is 1.39 bits per heavy atom. The zero-order valence-electron chi connectivity index (χ0n) is 15.6. The van der Waals surface area contributed by atoms with Crippen molar-refractivity contribution in [2.24, 2.45) is 0 Å². The van der Waals surface area contributed by atoms with E-state index in [9.17, 15) is 14.0 Å². The molecule has 1 aromatic carbocycles. The molecular formula is C20H22ClFN4O2. The van der Waals surface area contributed by atoms with E-state index < -0.39 is 11.9 Å². The number of aromatic nitrogens is 1. The van der Waals surface area contributed by atoms with Gasteiger partial charge in [-0.1, -0.05) is 23.7 Å². The van der Waals surface area contributed by atoms with Crippen molar-refractivity contribution in [2.75, 3.05) is 20.1 Å². The molecule has 1 aliphatic heterocycles. The summed E-state index contributed by atoms with van der Waals surface area (Å²) in [5.41, 5.74) is 1.62. The smallest absolute Gasteiger partial charge is 0.237 e. The number of pyridine rings is 1. The normalized spacial score (nSPS) is 17.2. The van der Waals surface area contributed by atoms with Crippen molar-refractivity contribution in [1.82, 2.24) is 20.1 Å². The molecule has 2 heterocycles. The van der Waals surface area contributed by atoms with Crippen LogP contribution >= 0.6 is 11.6 Å². The van der Waals surface area contributed by atoms with Crippen LogP contribution < -0.4 is 5.32 Å². The third kappa shape index (κ3) is 5.05. The lowest BCUT2D eigenvalue weighted by molar-refractivity contribution is -0.138. The van der Waals surface area contributed by atoms with Crippen LogP contribution in [0.4, 0.5) is 4.39 Å². The SMILES string of the molecule is CN(Cc1cccnc1)C(=O)C[C@H]1C(=O)NCCN1Cc1ccc(Cl)c(F)c1. The van der Waals surface area contributed by atoms with Crippen molar-refractivity contribution >= 4 is 23.4 Å². The van der Waals surface area contributed by atoms with E-state index in [-0.39, 0.29) is 23.3 Å². The number of rotatable bonds is 6. The number of benzene rings is 1. The number of halogens is 2. The fourth-order valence-corrected chi connectivity index (χ4v) is 3.34. The van der Waals surface area contributed by atoms with Crippen LogP contribution in [-0.4, -0.2) is 52.8 Å². The number of carbonyl (C=O) groups excluding carboxylic acids is 2. The Labute approximate surface area is 168 Å². The van der Waals surface area contributed by atoms with Gasteiger partial charge >= 0.3 is 0 Å². The second kappa shape index (κ2) is 9.12. The molecule has 0 radical (unpaired) electrons. The first-order valence-electron chi connectivity index (χ1n) is 9.02. The molecule has 2 aromatic rings. The van der Waals surface area contributed by atoms with Crippen LogP contribution in [0.15, 0.2) is 42.7 Å². The first-order chi connectivity index (χ1) is 13.4. The van der Waals surface area contributed by atoms with Crippen molar-refractivity contribution in [3.8, 4) is 0 Å². The zero-order valence-corrected chi connectivity index (χ0v) is 16.3. The van der Waals surface area contributed by atoms with Gasteiger partial charge in [-0.2, -0.15) is 0 Å². The molecule has 0 unspecified atom stereocenters. The Kier molecular flexibility index (Phi) is 6.59. The van der Waals surface area contributed by atoms with Crippen LogP contribution in [0.2, 0.25) is 5.02 Å². The Morgan fingerprint density at radius 3 is 2.93 bits per heavy atom. The second-order valence-corrected chi connectivity index (χ2v) is 7.25. The highest BCUT2D eigenvalue weighted by atomic mass is 35.5. The quantitative estimate of drug-likeness (QED) is 0.801. The molecule has 3 rings (SSSR count). The molecular weight excluding hydrogens is 383 g/mol. The van der Waals surface area contributed by atoms with E-state index in [0.717, 1.165) is 5.56 Å². The summed E-state index contributed by atoms with van der Waals surface area (Å²) in [4.78, 5) is 32.6. The van der Waals surface area contributed by atoms with Gasteiger partial charge in [-0.15, -0.1) is 0 Å². The summed E-state index contributed by atoms with van der Waals surface area (Å²) in [6.07, 6.45) is 3.44. The van der Waals surface area contributed by atoms with Crippen molar-refractivity contribution in [1.29, 1.82) is 0 Å². The topological polar surface area (TPSA) is 65.5 Å². The van der Waals surface area contributed by atoms with Gasteiger partial charge in [0.15, 0.2) is 0 Å². The Hall–Kier alpha value is -2.51. The summed E-state index contributed by atoms with van der Waals surface area (Å²) in [6, 6.07) is 7.70. The number of nitrogens with one attached hydrogen (secondary N) is 1. The van der Waals surface area contributed by atoms with Crippen molar-refractivity contribution in [3.63, 3.8) is 0 Å². The molecule has 6 nitrogen and oxygen atoms in total. The lowest BCUT2D eigenvalue weighted by atomic mass is 10.1. The Morgan fingerprint density at radius 2 is 2.21 bits per heavy atom. The predicted octanol–water partition coefficient (Wildman–Crippen LogP) is 2.22. The van der Waals surface area contributed by atoms with Gasteiger partial charge in [-0.05, 0) is 29.3 Å². The first-order valence-corrected chi connectivity index (χ1v) is 9.40. The van der Waals surface area contributed by atoms with Gasteiger partial charge in [0.2, 0.25) is 11.8 Å². The summed E-state index contributed by atoms with van der Waals surface area (Å²) in [5, 5.41) is 2.86. The van der Waals surface area contributed by atoms with Crippen molar-refractivity contribution in [2.45, 2.75) is 25.6 Å². The van der Waals surface area contributed by atoms with Gasteiger partial charge in [-0.25, -0.2) is 4.39 Å². The molecule has 1 aliphatic rings. The minimum absolute atomic E-state index is 0.0542. The summed E-state index contributed by atoms with van der Waals surface area (Å²) in [5.74, 6) is -0.827. The number of piperazine rings is 1. The molecule has 2 amide bonds. The van der Waals surface area contributed by atoms with E-state index >= 15 is 0 Å². The molecule has 0 saturated carbocycles. The van der Waals surface area contributed by atoms with Crippen LogP contribution in [0.3, 0.4) is 0 Å². The highest BCUT2D eigenvalue weighted by Gasteiger charge is 2.32. The van der Waals surface area contributed by atoms with Gasteiger partial charge in [0.05, 0.1) is 17.5 Å². The minimum Gasteiger partial charge on any atom is -0.353 e. The van der Waals surface area contributed by atoms with Crippen molar-refractivity contribution < 1.29 is 14.0 Å². The van der Waals surface area contributed by atoms with E-state index in [4.69, 9.17) is 11.6 Å².